The fraction of sp³-hybridized carbons (Fsp3) is 0.268. The fourth-order valence-corrected chi connectivity index (χ4v) is 9.98. The third kappa shape index (κ3) is 5.66. The number of phenolic OH excluding ortho intramolecular Hbond substituents is 1. The maximum Gasteiger partial charge on any atom is 0.260 e. The number of ether oxygens (including phenoxy) is 3. The van der Waals surface area contributed by atoms with Gasteiger partial charge in [0.05, 0.1) is 60.9 Å². The van der Waals surface area contributed by atoms with Crippen LogP contribution in [0, 0.1) is 27.2 Å². The zero-order valence-corrected chi connectivity index (χ0v) is 33.4. The van der Waals surface area contributed by atoms with Crippen LogP contribution < -0.4 is 24.5 Å². The van der Waals surface area contributed by atoms with Crippen LogP contribution in [0.25, 0.3) is 0 Å². The number of hydrazine groups is 1. The van der Waals surface area contributed by atoms with Gasteiger partial charge in [-0.3, -0.25) is 29.5 Å². The van der Waals surface area contributed by atoms with E-state index in [4.69, 9.17) is 37.4 Å². The van der Waals surface area contributed by atoms with Crippen molar-refractivity contribution < 1.29 is 38.5 Å². The monoisotopic (exact) mass is 893 g/mol. The molecule has 11 nitrogen and oxygen atoms in total. The Morgan fingerprint density at radius 2 is 1.53 bits per heavy atom. The minimum atomic E-state index is -1.70. The van der Waals surface area contributed by atoms with Crippen molar-refractivity contribution in [3.63, 3.8) is 0 Å². The highest BCUT2D eigenvalue weighted by atomic mass is 127. The summed E-state index contributed by atoms with van der Waals surface area (Å²) < 4.78 is 17.8. The van der Waals surface area contributed by atoms with Crippen molar-refractivity contribution in [2.24, 2.45) is 23.7 Å². The number of anilines is 2. The van der Waals surface area contributed by atoms with Gasteiger partial charge in [0.1, 0.15) is 23.0 Å². The SMILES string of the molecule is COc1ccc(C23C(=O)N(Nc4ccc(Cl)cc4Cl)C(=O)C2CC2C(=CCC4C(=O)N(c5ccc(I)cc5)C(=O)C42)C3c2c(O)cc(OC)cc2OC)cc1. The smallest absolute Gasteiger partial charge is 0.260 e. The van der Waals surface area contributed by atoms with Gasteiger partial charge in [0, 0.05) is 32.2 Å². The zero-order valence-electron chi connectivity index (χ0n) is 29.7. The average molecular weight is 895 g/mol. The lowest BCUT2D eigenvalue weighted by Gasteiger charge is -2.50. The summed E-state index contributed by atoms with van der Waals surface area (Å²) >= 11 is 14.9. The molecule has 6 unspecified atom stereocenters. The van der Waals surface area contributed by atoms with Gasteiger partial charge in [0.2, 0.25) is 11.8 Å². The quantitative estimate of drug-likeness (QED) is 0.105. The first-order valence-corrected chi connectivity index (χ1v) is 19.3. The summed E-state index contributed by atoms with van der Waals surface area (Å²) in [4.78, 5) is 60.5. The van der Waals surface area contributed by atoms with Gasteiger partial charge < -0.3 is 19.3 Å². The molecule has 0 radical (unpaired) electrons. The van der Waals surface area contributed by atoms with Crippen molar-refractivity contribution in [1.29, 1.82) is 0 Å². The number of rotatable bonds is 8. The third-order valence-electron chi connectivity index (χ3n) is 11.5. The number of amides is 4. The predicted molar refractivity (Wildman–Crippen MR) is 213 cm³/mol. The summed E-state index contributed by atoms with van der Waals surface area (Å²) in [6.45, 7) is 0. The number of imide groups is 2. The molecule has 55 heavy (non-hydrogen) atoms. The average Bonchev–Trinajstić information content (AvgIpc) is 3.56. The van der Waals surface area contributed by atoms with Gasteiger partial charge in [-0.2, -0.15) is 5.01 Å². The van der Waals surface area contributed by atoms with Crippen molar-refractivity contribution in [2.45, 2.75) is 24.2 Å². The molecule has 4 aromatic rings. The molecule has 2 saturated heterocycles. The van der Waals surface area contributed by atoms with E-state index >= 15 is 9.59 Å². The minimum Gasteiger partial charge on any atom is -0.507 e. The third-order valence-corrected chi connectivity index (χ3v) is 12.8. The number of carbonyl (C=O) groups is 4. The number of fused-ring (bicyclic) bond motifs is 4. The standard InChI is InChI=1S/C41H34Cl2IN3O8/c1-53-24-11-4-20(5-12-24)41-29(38(50)47(40(41)52)45-31-15-6-21(42)16-30(31)43)19-28-26(36(41)35-32(48)17-25(54-2)18-33(35)55-3)13-14-27-34(28)39(51)46(37(27)49)23-9-7-22(44)8-10-23/h4-13,15-18,27-29,34,36,45,48H,14,19H2,1-3H3. The molecular formula is C41H34Cl2IN3O8. The molecule has 2 heterocycles. The van der Waals surface area contributed by atoms with Crippen LogP contribution in [0.3, 0.4) is 0 Å². The Morgan fingerprint density at radius 3 is 2.18 bits per heavy atom. The van der Waals surface area contributed by atoms with Crippen LogP contribution >= 0.6 is 45.8 Å². The lowest BCUT2D eigenvalue weighted by atomic mass is 9.49. The lowest BCUT2D eigenvalue weighted by molar-refractivity contribution is -0.138. The molecule has 3 fully saturated rings. The van der Waals surface area contributed by atoms with Crippen molar-refractivity contribution in [3.05, 3.63) is 115 Å². The van der Waals surface area contributed by atoms with Crippen LogP contribution in [-0.2, 0) is 24.6 Å². The van der Waals surface area contributed by atoms with Gasteiger partial charge >= 0.3 is 0 Å². The van der Waals surface area contributed by atoms with Crippen LogP contribution in [0.5, 0.6) is 23.0 Å². The minimum absolute atomic E-state index is 0.0470. The summed E-state index contributed by atoms with van der Waals surface area (Å²) in [6, 6.07) is 21.7. The van der Waals surface area contributed by atoms with Crippen LogP contribution in [0.4, 0.5) is 11.4 Å². The van der Waals surface area contributed by atoms with Gasteiger partial charge in [0.15, 0.2) is 0 Å². The number of nitrogens with one attached hydrogen (secondary N) is 1. The Hall–Kier alpha value is -4.79. The molecule has 4 aliphatic rings. The van der Waals surface area contributed by atoms with Crippen LogP contribution in [0.2, 0.25) is 10.0 Å². The number of carbonyl (C=O) groups excluding carboxylic acids is 4. The number of halogens is 3. The second-order valence-electron chi connectivity index (χ2n) is 14.0. The van der Waals surface area contributed by atoms with E-state index < -0.39 is 46.8 Å². The van der Waals surface area contributed by atoms with Crippen LogP contribution in [0.1, 0.15) is 29.9 Å². The molecule has 4 amide bonds. The summed E-state index contributed by atoms with van der Waals surface area (Å²) in [5.41, 5.74) is 3.35. The maximum atomic E-state index is 15.5. The number of benzene rings is 4. The fourth-order valence-electron chi connectivity index (χ4n) is 9.17. The Labute approximate surface area is 340 Å². The van der Waals surface area contributed by atoms with Gasteiger partial charge in [0.25, 0.3) is 11.8 Å². The highest BCUT2D eigenvalue weighted by Gasteiger charge is 2.71. The van der Waals surface area contributed by atoms with E-state index in [1.165, 1.54) is 38.4 Å². The molecule has 0 aromatic heterocycles. The van der Waals surface area contributed by atoms with Gasteiger partial charge in [-0.25, -0.2) is 0 Å². The second kappa shape index (κ2) is 14.1. The Bertz CT molecular complexity index is 2300. The molecule has 8 rings (SSSR count). The molecule has 6 atom stereocenters. The Kier molecular flexibility index (Phi) is 9.49. The molecule has 2 aliphatic carbocycles. The lowest BCUT2D eigenvalue weighted by Crippen LogP contribution is -2.53. The number of phenols is 1. The summed E-state index contributed by atoms with van der Waals surface area (Å²) in [5, 5.41) is 13.5. The Balaban J connectivity index is 1.37. The number of hydrogen-bond acceptors (Lipinski definition) is 9. The molecule has 4 aromatic carbocycles. The predicted octanol–water partition coefficient (Wildman–Crippen LogP) is 7.52. The van der Waals surface area contributed by atoms with E-state index in [0.717, 1.165) is 8.58 Å². The van der Waals surface area contributed by atoms with E-state index in [1.54, 1.807) is 54.6 Å². The molecule has 0 bridgehead atoms. The molecule has 0 spiro atoms. The van der Waals surface area contributed by atoms with Gasteiger partial charge in [-0.1, -0.05) is 47.0 Å². The highest BCUT2D eigenvalue weighted by molar-refractivity contribution is 14.1. The Morgan fingerprint density at radius 1 is 0.818 bits per heavy atom. The van der Waals surface area contributed by atoms with E-state index in [0.29, 0.717) is 33.3 Å². The maximum absolute atomic E-state index is 15.5. The molecule has 282 valence electrons. The number of aromatic hydroxyl groups is 1. The molecule has 1 saturated carbocycles. The topological polar surface area (TPSA) is 135 Å². The molecule has 2 N–H and O–H groups in total. The van der Waals surface area contributed by atoms with Crippen molar-refractivity contribution >= 4 is 80.8 Å². The number of hydrogen-bond donors (Lipinski definition) is 2. The molecule has 2 aliphatic heterocycles. The largest absolute Gasteiger partial charge is 0.507 e. The normalized spacial score (nSPS) is 25.6. The first-order chi connectivity index (χ1) is 26.4. The first-order valence-electron chi connectivity index (χ1n) is 17.5. The first kappa shape index (κ1) is 37.1. The van der Waals surface area contributed by atoms with Crippen molar-refractivity contribution in [1.82, 2.24) is 5.01 Å². The van der Waals surface area contributed by atoms with E-state index in [9.17, 15) is 14.7 Å². The number of allylic oxidation sites excluding steroid dienone is 2. The van der Waals surface area contributed by atoms with Gasteiger partial charge in [-0.05, 0) is 102 Å². The molecular weight excluding hydrogens is 860 g/mol. The second-order valence-corrected chi connectivity index (χ2v) is 16.1. The molecule has 14 heteroatoms. The van der Waals surface area contributed by atoms with Crippen molar-refractivity contribution in [3.8, 4) is 23.0 Å². The number of nitrogens with zero attached hydrogens (tertiary/aromatic N) is 2. The van der Waals surface area contributed by atoms with Gasteiger partial charge in [-0.15, -0.1) is 0 Å². The zero-order chi connectivity index (χ0) is 38.9. The van der Waals surface area contributed by atoms with E-state index in [-0.39, 0.29) is 52.4 Å². The van der Waals surface area contributed by atoms with Crippen molar-refractivity contribution in [2.75, 3.05) is 31.7 Å². The van der Waals surface area contributed by atoms with Crippen LogP contribution in [-0.4, -0.2) is 55.1 Å². The number of methoxy groups -OCH3 is 3. The van der Waals surface area contributed by atoms with E-state index in [1.807, 2.05) is 18.2 Å². The summed E-state index contributed by atoms with van der Waals surface area (Å²) in [5.74, 6) is -5.47. The summed E-state index contributed by atoms with van der Waals surface area (Å²) in [7, 11) is 4.42. The van der Waals surface area contributed by atoms with E-state index in [2.05, 4.69) is 28.0 Å². The summed E-state index contributed by atoms with van der Waals surface area (Å²) in [6.07, 6.45) is 2.16. The highest BCUT2D eigenvalue weighted by Crippen LogP contribution is 2.66. The van der Waals surface area contributed by atoms with Crippen LogP contribution in [0.15, 0.2) is 90.5 Å².